The smallest absolute Gasteiger partial charge is 0.252 e. The Hall–Kier alpha value is -4.32. The Kier molecular flexibility index (Phi) is 6.10. The van der Waals surface area contributed by atoms with E-state index in [-0.39, 0.29) is 29.3 Å². The Balaban J connectivity index is 1.51. The number of aromatic nitrogens is 6. The van der Waals surface area contributed by atoms with Crippen LogP contribution >= 0.6 is 0 Å². The zero-order chi connectivity index (χ0) is 24.4. The largest absolute Gasteiger partial charge is 0.365 e. The number of anilines is 3. The summed E-state index contributed by atoms with van der Waals surface area (Å²) in [6.45, 7) is 0. The molecule has 1 aliphatic carbocycles. The molecule has 0 aromatic carbocycles. The van der Waals surface area contributed by atoms with Crippen molar-refractivity contribution in [3.8, 4) is 11.5 Å². The molecular weight excluding hydrogens is 451 g/mol. The van der Waals surface area contributed by atoms with E-state index >= 15 is 0 Å². The first-order valence-electron chi connectivity index (χ1n) is 11.3. The first-order chi connectivity index (χ1) is 17.0. The lowest BCUT2D eigenvalue weighted by molar-refractivity contribution is 0.100. The van der Waals surface area contributed by atoms with Crippen molar-refractivity contribution in [3.05, 3.63) is 66.6 Å². The first kappa shape index (κ1) is 22.5. The number of rotatable bonds is 7. The van der Waals surface area contributed by atoms with E-state index in [0.717, 1.165) is 31.7 Å². The van der Waals surface area contributed by atoms with Crippen molar-refractivity contribution in [3.63, 3.8) is 0 Å². The molecule has 0 saturated heterocycles. The molecule has 2 atom stereocenters. The maximum atomic E-state index is 14.8. The molecule has 0 spiro atoms. The van der Waals surface area contributed by atoms with Crippen LogP contribution in [-0.2, 0) is 0 Å². The molecule has 35 heavy (non-hydrogen) atoms. The minimum Gasteiger partial charge on any atom is -0.365 e. The Bertz CT molecular complexity index is 1320. The van der Waals surface area contributed by atoms with Gasteiger partial charge in [-0.25, -0.2) is 23.7 Å². The second-order valence-corrected chi connectivity index (χ2v) is 8.37. The van der Waals surface area contributed by atoms with Gasteiger partial charge in [-0.1, -0.05) is 12.8 Å². The van der Waals surface area contributed by atoms with E-state index in [1.165, 1.54) is 0 Å². The predicted molar refractivity (Wildman–Crippen MR) is 128 cm³/mol. The lowest BCUT2D eigenvalue weighted by Gasteiger charge is -2.30. The molecule has 1 amide bonds. The van der Waals surface area contributed by atoms with E-state index in [4.69, 9.17) is 11.5 Å². The lowest BCUT2D eigenvalue weighted by Crippen LogP contribution is -2.43. The minimum atomic E-state index is -0.812. The van der Waals surface area contributed by atoms with Crippen molar-refractivity contribution in [2.45, 2.75) is 37.8 Å². The molecule has 0 radical (unpaired) electrons. The van der Waals surface area contributed by atoms with Crippen LogP contribution in [0.25, 0.3) is 11.5 Å². The highest BCUT2D eigenvalue weighted by Crippen LogP contribution is 2.28. The molecule has 1 fully saturated rings. The summed E-state index contributed by atoms with van der Waals surface area (Å²) >= 11 is 0. The fourth-order valence-corrected chi connectivity index (χ4v) is 4.19. The standard InChI is InChI=1S/C23H25FN10O/c24-16-12-15(20(26)35)21(32-22(16)31-18-6-2-1-5-17(18)25)30-14-11-19(33-9-3-7-28-33)23(27-13-14)34-10-4-8-29-34/h3-4,7-13,17-18H,1-2,5-6,25H2,(H2,26,35)(H2,30,31,32)/t17-,18+/m0/s1. The third kappa shape index (κ3) is 4.68. The van der Waals surface area contributed by atoms with Gasteiger partial charge in [0.1, 0.15) is 11.5 Å². The molecule has 0 bridgehead atoms. The van der Waals surface area contributed by atoms with Crippen LogP contribution in [0, 0.1) is 5.82 Å². The summed E-state index contributed by atoms with van der Waals surface area (Å²) in [7, 11) is 0. The summed E-state index contributed by atoms with van der Waals surface area (Å²) in [5.41, 5.74) is 12.8. The van der Waals surface area contributed by atoms with E-state index in [1.807, 2.05) is 0 Å². The van der Waals surface area contributed by atoms with Gasteiger partial charge in [-0.2, -0.15) is 10.2 Å². The van der Waals surface area contributed by atoms with Gasteiger partial charge in [0.05, 0.1) is 17.4 Å². The van der Waals surface area contributed by atoms with Crippen LogP contribution in [0.4, 0.5) is 21.7 Å². The van der Waals surface area contributed by atoms with Crippen molar-refractivity contribution in [1.82, 2.24) is 29.5 Å². The Morgan fingerprint density at radius 1 is 1.06 bits per heavy atom. The van der Waals surface area contributed by atoms with Crippen LogP contribution < -0.4 is 22.1 Å². The Morgan fingerprint density at radius 3 is 2.49 bits per heavy atom. The van der Waals surface area contributed by atoms with Crippen LogP contribution in [0.2, 0.25) is 0 Å². The third-order valence-corrected chi connectivity index (χ3v) is 5.97. The molecule has 4 aromatic heterocycles. The van der Waals surface area contributed by atoms with Gasteiger partial charge in [0.25, 0.3) is 5.91 Å². The number of carbonyl (C=O) groups is 1. The number of halogens is 1. The van der Waals surface area contributed by atoms with Crippen molar-refractivity contribution < 1.29 is 9.18 Å². The molecule has 11 nitrogen and oxygen atoms in total. The molecule has 180 valence electrons. The van der Waals surface area contributed by atoms with Gasteiger partial charge in [0.15, 0.2) is 17.5 Å². The second-order valence-electron chi connectivity index (χ2n) is 8.37. The van der Waals surface area contributed by atoms with E-state index < -0.39 is 11.7 Å². The normalized spacial score (nSPS) is 17.8. The first-order valence-corrected chi connectivity index (χ1v) is 11.3. The molecule has 1 saturated carbocycles. The monoisotopic (exact) mass is 476 g/mol. The fraction of sp³-hybridized carbons (Fsp3) is 0.261. The highest BCUT2D eigenvalue weighted by molar-refractivity contribution is 5.98. The van der Waals surface area contributed by atoms with Crippen LogP contribution in [0.3, 0.4) is 0 Å². The highest BCUT2D eigenvalue weighted by Gasteiger charge is 2.24. The van der Waals surface area contributed by atoms with Gasteiger partial charge >= 0.3 is 0 Å². The number of amides is 1. The number of primary amides is 1. The van der Waals surface area contributed by atoms with Crippen molar-refractivity contribution in [1.29, 1.82) is 0 Å². The molecule has 1 aliphatic rings. The van der Waals surface area contributed by atoms with Crippen LogP contribution in [0.1, 0.15) is 36.0 Å². The minimum absolute atomic E-state index is 0.00766. The highest BCUT2D eigenvalue weighted by atomic mass is 19.1. The summed E-state index contributed by atoms with van der Waals surface area (Å²) in [4.78, 5) is 21.0. The molecule has 5 rings (SSSR count). The van der Waals surface area contributed by atoms with Gasteiger partial charge in [-0.3, -0.25) is 4.79 Å². The summed E-state index contributed by atoms with van der Waals surface area (Å²) in [6.07, 6.45) is 12.1. The summed E-state index contributed by atoms with van der Waals surface area (Å²) in [5, 5.41) is 14.7. The van der Waals surface area contributed by atoms with E-state index in [0.29, 0.717) is 17.2 Å². The van der Waals surface area contributed by atoms with Gasteiger partial charge < -0.3 is 22.1 Å². The van der Waals surface area contributed by atoms with E-state index in [1.54, 1.807) is 58.5 Å². The van der Waals surface area contributed by atoms with Crippen LogP contribution in [-0.4, -0.2) is 47.5 Å². The molecule has 4 aromatic rings. The van der Waals surface area contributed by atoms with E-state index in [2.05, 4.69) is 30.8 Å². The summed E-state index contributed by atoms with van der Waals surface area (Å²) < 4.78 is 18.1. The molecule has 0 unspecified atom stereocenters. The zero-order valence-electron chi connectivity index (χ0n) is 18.8. The van der Waals surface area contributed by atoms with Gasteiger partial charge in [-0.15, -0.1) is 0 Å². The number of hydrogen-bond acceptors (Lipinski definition) is 8. The summed E-state index contributed by atoms with van der Waals surface area (Å²) in [6, 6.07) is 6.21. The number of hydrogen-bond donors (Lipinski definition) is 4. The van der Waals surface area contributed by atoms with Gasteiger partial charge in [-0.05, 0) is 37.1 Å². The maximum absolute atomic E-state index is 14.8. The predicted octanol–water partition coefficient (Wildman–Crippen LogP) is 2.51. The maximum Gasteiger partial charge on any atom is 0.252 e. The number of pyridine rings is 2. The molecule has 0 aliphatic heterocycles. The Morgan fingerprint density at radius 2 is 1.80 bits per heavy atom. The number of nitrogens with zero attached hydrogens (tertiary/aromatic N) is 6. The van der Waals surface area contributed by atoms with Crippen molar-refractivity contribution >= 4 is 23.2 Å². The average molecular weight is 477 g/mol. The number of nitrogens with one attached hydrogen (secondary N) is 2. The second kappa shape index (κ2) is 9.50. The average Bonchev–Trinajstić information content (AvgIpc) is 3.57. The SMILES string of the molecule is NC(=O)c1cc(F)c(N[C@@H]2CCCC[C@@H]2N)nc1Nc1cnc(-n2cccn2)c(-n2cccn2)c1. The molecule has 4 heterocycles. The quantitative estimate of drug-likeness (QED) is 0.317. The topological polar surface area (TPSA) is 155 Å². The van der Waals surface area contributed by atoms with Gasteiger partial charge in [0.2, 0.25) is 0 Å². The number of carbonyl (C=O) groups excluding carboxylic acids is 1. The summed E-state index contributed by atoms with van der Waals surface area (Å²) in [5.74, 6) is -0.834. The van der Waals surface area contributed by atoms with Crippen LogP contribution in [0.15, 0.2) is 55.2 Å². The van der Waals surface area contributed by atoms with E-state index in [9.17, 15) is 9.18 Å². The molecular formula is C23H25FN10O. The molecule has 12 heteroatoms. The lowest BCUT2D eigenvalue weighted by atomic mass is 9.91. The molecule has 6 N–H and O–H groups in total. The zero-order valence-corrected chi connectivity index (χ0v) is 18.8. The van der Waals surface area contributed by atoms with Crippen molar-refractivity contribution in [2.75, 3.05) is 10.6 Å². The Labute approximate surface area is 200 Å². The van der Waals surface area contributed by atoms with Crippen molar-refractivity contribution in [2.24, 2.45) is 11.5 Å². The number of nitrogens with two attached hydrogens (primary N) is 2. The van der Waals surface area contributed by atoms with Gasteiger partial charge in [0, 0.05) is 36.9 Å². The van der Waals surface area contributed by atoms with Crippen LogP contribution in [0.5, 0.6) is 0 Å². The third-order valence-electron chi connectivity index (χ3n) is 5.97. The fourth-order valence-electron chi connectivity index (χ4n) is 4.19.